The number of hydrogen-bond donors (Lipinski definition) is 0. The number of piperazine rings is 1. The van der Waals surface area contributed by atoms with Gasteiger partial charge in [0.2, 0.25) is 5.91 Å². The number of nitrogens with zero attached hydrogens (tertiary/aromatic N) is 5. The SMILES string of the molecule is CC(=O)N1CCN(CCOC(=O)N2CC3CN(CCOc4ccc(C#N)cc4)CC3C2)CC1. The zero-order chi connectivity index (χ0) is 23.2. The quantitative estimate of drug-likeness (QED) is 0.608. The molecule has 0 aliphatic carbocycles. The average Bonchev–Trinajstić information content (AvgIpc) is 3.39. The van der Waals surface area contributed by atoms with Crippen molar-refractivity contribution in [2.45, 2.75) is 6.92 Å². The van der Waals surface area contributed by atoms with E-state index < -0.39 is 0 Å². The van der Waals surface area contributed by atoms with Crippen LogP contribution in [0.1, 0.15) is 12.5 Å². The summed E-state index contributed by atoms with van der Waals surface area (Å²) in [5.41, 5.74) is 0.630. The maximum Gasteiger partial charge on any atom is 0.409 e. The lowest BCUT2D eigenvalue weighted by molar-refractivity contribution is -0.130. The average molecular weight is 456 g/mol. The van der Waals surface area contributed by atoms with Gasteiger partial charge in [-0.1, -0.05) is 0 Å². The Morgan fingerprint density at radius 3 is 2.15 bits per heavy atom. The normalized spacial score (nSPS) is 23.3. The van der Waals surface area contributed by atoms with Crippen molar-refractivity contribution in [3.63, 3.8) is 0 Å². The topological polar surface area (TPSA) is 89.3 Å². The number of ether oxygens (including phenoxy) is 2. The minimum atomic E-state index is -0.206. The van der Waals surface area contributed by atoms with Crippen molar-refractivity contribution < 1.29 is 19.1 Å². The number of carbonyl (C=O) groups is 2. The largest absolute Gasteiger partial charge is 0.492 e. The summed E-state index contributed by atoms with van der Waals surface area (Å²) in [6.07, 6.45) is -0.206. The predicted octanol–water partition coefficient (Wildman–Crippen LogP) is 1.10. The maximum absolute atomic E-state index is 12.5. The first kappa shape index (κ1) is 23.3. The van der Waals surface area contributed by atoms with Crippen LogP contribution in [-0.4, -0.2) is 110 Å². The molecule has 0 aromatic heterocycles. The zero-order valence-electron chi connectivity index (χ0n) is 19.3. The van der Waals surface area contributed by atoms with Crippen LogP contribution in [0.5, 0.6) is 5.75 Å². The molecular weight excluding hydrogens is 422 g/mol. The van der Waals surface area contributed by atoms with Gasteiger partial charge in [0.1, 0.15) is 19.0 Å². The fourth-order valence-corrected chi connectivity index (χ4v) is 4.98. The minimum Gasteiger partial charge on any atom is -0.492 e. The monoisotopic (exact) mass is 455 g/mol. The van der Waals surface area contributed by atoms with Gasteiger partial charge in [0, 0.05) is 72.4 Å². The third-order valence-corrected chi connectivity index (χ3v) is 6.93. The van der Waals surface area contributed by atoms with Crippen molar-refractivity contribution in [2.24, 2.45) is 11.8 Å². The molecular formula is C24H33N5O4. The molecule has 2 unspecified atom stereocenters. The Kier molecular flexibility index (Phi) is 7.68. The first-order chi connectivity index (χ1) is 16.0. The highest BCUT2D eigenvalue weighted by atomic mass is 16.6. The Hall–Kier alpha value is -2.83. The standard InChI is InChI=1S/C24H33N5O4/c1-19(30)28-8-6-26(7-9-28)10-13-33-24(31)29-17-21-15-27(16-22(21)18-29)11-12-32-23-4-2-20(14-25)3-5-23/h2-5,21-22H,6-13,15-18H2,1H3. The molecule has 0 spiro atoms. The third kappa shape index (κ3) is 6.15. The second-order valence-electron chi connectivity index (χ2n) is 9.13. The van der Waals surface area contributed by atoms with Gasteiger partial charge in [-0.05, 0) is 36.1 Å². The summed E-state index contributed by atoms with van der Waals surface area (Å²) in [5.74, 6) is 1.89. The summed E-state index contributed by atoms with van der Waals surface area (Å²) in [5, 5.41) is 8.86. The van der Waals surface area contributed by atoms with E-state index in [2.05, 4.69) is 15.9 Å². The highest BCUT2D eigenvalue weighted by molar-refractivity contribution is 5.73. The Labute approximate surface area is 195 Å². The van der Waals surface area contributed by atoms with Gasteiger partial charge in [-0.25, -0.2) is 4.79 Å². The number of benzene rings is 1. The molecule has 9 heteroatoms. The van der Waals surface area contributed by atoms with E-state index in [-0.39, 0.29) is 12.0 Å². The minimum absolute atomic E-state index is 0.123. The van der Waals surface area contributed by atoms with Crippen molar-refractivity contribution in [1.82, 2.24) is 19.6 Å². The predicted molar refractivity (Wildman–Crippen MR) is 122 cm³/mol. The van der Waals surface area contributed by atoms with Gasteiger partial charge in [0.25, 0.3) is 0 Å². The number of rotatable bonds is 7. The summed E-state index contributed by atoms with van der Waals surface area (Å²) in [6, 6.07) is 9.28. The summed E-state index contributed by atoms with van der Waals surface area (Å²) in [4.78, 5) is 32.3. The molecule has 3 saturated heterocycles. The molecule has 0 saturated carbocycles. The number of amides is 2. The summed E-state index contributed by atoms with van der Waals surface area (Å²) in [7, 11) is 0. The van der Waals surface area contributed by atoms with Crippen molar-refractivity contribution in [3.05, 3.63) is 29.8 Å². The van der Waals surface area contributed by atoms with Crippen LogP contribution < -0.4 is 4.74 Å². The van der Waals surface area contributed by atoms with Crippen LogP contribution >= 0.6 is 0 Å². The fourth-order valence-electron chi connectivity index (χ4n) is 4.98. The van der Waals surface area contributed by atoms with Crippen molar-refractivity contribution in [3.8, 4) is 11.8 Å². The molecule has 0 N–H and O–H groups in total. The molecule has 3 aliphatic heterocycles. The van der Waals surface area contributed by atoms with Crippen LogP contribution in [0.3, 0.4) is 0 Å². The van der Waals surface area contributed by atoms with Gasteiger partial charge in [0.05, 0.1) is 11.6 Å². The highest BCUT2D eigenvalue weighted by Gasteiger charge is 2.41. The highest BCUT2D eigenvalue weighted by Crippen LogP contribution is 2.31. The molecule has 3 aliphatic rings. The molecule has 1 aromatic carbocycles. The molecule has 2 atom stereocenters. The van der Waals surface area contributed by atoms with Crippen LogP contribution in [0.2, 0.25) is 0 Å². The van der Waals surface area contributed by atoms with E-state index in [1.807, 2.05) is 21.9 Å². The van der Waals surface area contributed by atoms with E-state index in [1.165, 1.54) is 0 Å². The third-order valence-electron chi connectivity index (χ3n) is 6.93. The van der Waals surface area contributed by atoms with E-state index in [1.54, 1.807) is 19.1 Å². The number of carbonyl (C=O) groups excluding carboxylic acids is 2. The van der Waals surface area contributed by atoms with E-state index in [0.717, 1.165) is 64.7 Å². The van der Waals surface area contributed by atoms with Crippen LogP contribution in [0, 0.1) is 23.2 Å². The molecule has 3 fully saturated rings. The summed E-state index contributed by atoms with van der Waals surface area (Å²) >= 11 is 0. The van der Waals surface area contributed by atoms with Crippen molar-refractivity contribution in [2.75, 3.05) is 78.7 Å². The fraction of sp³-hybridized carbons (Fsp3) is 0.625. The van der Waals surface area contributed by atoms with Gasteiger partial charge >= 0.3 is 6.09 Å². The Morgan fingerprint density at radius 2 is 1.55 bits per heavy atom. The number of hydrogen-bond acceptors (Lipinski definition) is 7. The maximum atomic E-state index is 12.5. The van der Waals surface area contributed by atoms with Gasteiger partial charge < -0.3 is 19.3 Å². The molecule has 1 aromatic rings. The lowest BCUT2D eigenvalue weighted by atomic mass is 10.0. The molecule has 2 amide bonds. The smallest absolute Gasteiger partial charge is 0.409 e. The van der Waals surface area contributed by atoms with Gasteiger partial charge in [-0.15, -0.1) is 0 Å². The van der Waals surface area contributed by atoms with E-state index in [9.17, 15) is 9.59 Å². The Bertz CT molecular complexity index is 849. The second-order valence-corrected chi connectivity index (χ2v) is 9.13. The van der Waals surface area contributed by atoms with Gasteiger partial charge in [-0.2, -0.15) is 5.26 Å². The van der Waals surface area contributed by atoms with Crippen molar-refractivity contribution >= 4 is 12.0 Å². The van der Waals surface area contributed by atoms with Crippen LogP contribution in [0.25, 0.3) is 0 Å². The second kappa shape index (κ2) is 10.9. The van der Waals surface area contributed by atoms with Crippen LogP contribution in [0.15, 0.2) is 24.3 Å². The summed E-state index contributed by atoms with van der Waals surface area (Å²) in [6.45, 7) is 10.8. The lowest BCUT2D eigenvalue weighted by Crippen LogP contribution is -2.49. The molecule has 33 heavy (non-hydrogen) atoms. The molecule has 4 rings (SSSR count). The van der Waals surface area contributed by atoms with Crippen molar-refractivity contribution in [1.29, 1.82) is 5.26 Å². The first-order valence-electron chi connectivity index (χ1n) is 11.8. The summed E-state index contributed by atoms with van der Waals surface area (Å²) < 4.78 is 11.3. The van der Waals surface area contributed by atoms with E-state index >= 15 is 0 Å². The van der Waals surface area contributed by atoms with E-state index in [4.69, 9.17) is 14.7 Å². The lowest BCUT2D eigenvalue weighted by Gasteiger charge is -2.34. The van der Waals surface area contributed by atoms with E-state index in [0.29, 0.717) is 37.2 Å². The number of nitriles is 1. The zero-order valence-corrected chi connectivity index (χ0v) is 19.3. The molecule has 9 nitrogen and oxygen atoms in total. The number of fused-ring (bicyclic) bond motifs is 1. The molecule has 0 radical (unpaired) electrons. The van der Waals surface area contributed by atoms with Crippen LogP contribution in [0.4, 0.5) is 4.79 Å². The van der Waals surface area contributed by atoms with Crippen LogP contribution in [-0.2, 0) is 9.53 Å². The van der Waals surface area contributed by atoms with Gasteiger partial charge in [0.15, 0.2) is 0 Å². The first-order valence-corrected chi connectivity index (χ1v) is 11.8. The van der Waals surface area contributed by atoms with Gasteiger partial charge in [-0.3, -0.25) is 14.6 Å². The molecule has 0 bridgehead atoms. The Balaban J connectivity index is 1.09. The Morgan fingerprint density at radius 1 is 0.909 bits per heavy atom. The number of likely N-dealkylation sites (tertiary alicyclic amines) is 2. The molecule has 3 heterocycles. The molecule has 178 valence electrons.